The molecule has 3 N–H and O–H groups in total. The highest BCUT2D eigenvalue weighted by Crippen LogP contribution is 2.57. The highest BCUT2D eigenvalue weighted by molar-refractivity contribution is 5.82. The van der Waals surface area contributed by atoms with E-state index in [1.54, 1.807) is 0 Å². The van der Waals surface area contributed by atoms with E-state index in [0.717, 1.165) is 11.8 Å². The van der Waals surface area contributed by atoms with Crippen LogP contribution in [0.4, 0.5) is 0 Å². The zero-order valence-electron chi connectivity index (χ0n) is 11.2. The van der Waals surface area contributed by atoms with E-state index in [9.17, 15) is 4.79 Å². The highest BCUT2D eigenvalue weighted by Gasteiger charge is 2.56. The summed E-state index contributed by atoms with van der Waals surface area (Å²) < 4.78 is 0. The van der Waals surface area contributed by atoms with Crippen LogP contribution in [0.2, 0.25) is 0 Å². The summed E-state index contributed by atoms with van der Waals surface area (Å²) in [7, 11) is 0. The predicted octanol–water partition coefficient (Wildman–Crippen LogP) is 2.06. The molecule has 18 heavy (non-hydrogen) atoms. The minimum absolute atomic E-state index is 0.235. The smallest absolute Gasteiger partial charge is 0.223 e. The van der Waals surface area contributed by atoms with Gasteiger partial charge in [-0.3, -0.25) is 4.79 Å². The van der Waals surface area contributed by atoms with E-state index >= 15 is 0 Å². The molecular weight excluding hydrogens is 224 g/mol. The van der Waals surface area contributed by atoms with Gasteiger partial charge in [0.2, 0.25) is 5.91 Å². The molecule has 1 amide bonds. The Bertz CT molecular complexity index is 302. The number of rotatable bonds is 4. The first kappa shape index (κ1) is 12.5. The van der Waals surface area contributed by atoms with Crippen LogP contribution < -0.4 is 11.1 Å². The minimum Gasteiger partial charge on any atom is -0.352 e. The third-order valence-electron chi connectivity index (χ3n) is 5.51. The molecule has 3 aliphatic rings. The summed E-state index contributed by atoms with van der Waals surface area (Å²) in [5.41, 5.74) is 5.87. The van der Waals surface area contributed by atoms with Crippen molar-refractivity contribution in [2.45, 2.75) is 57.4 Å². The van der Waals surface area contributed by atoms with Gasteiger partial charge < -0.3 is 11.1 Å². The summed E-state index contributed by atoms with van der Waals surface area (Å²) in [6.07, 6.45) is 10.4. The molecule has 0 aliphatic heterocycles. The lowest BCUT2D eigenvalue weighted by atomic mass is 9.84. The Balaban J connectivity index is 1.52. The molecule has 102 valence electrons. The Morgan fingerprint density at radius 1 is 1.06 bits per heavy atom. The average Bonchev–Trinajstić information content (AvgIpc) is 2.90. The minimum atomic E-state index is 0.235. The van der Waals surface area contributed by atoms with Gasteiger partial charge in [0.25, 0.3) is 0 Å². The first-order chi connectivity index (χ1) is 8.81. The van der Waals surface area contributed by atoms with Gasteiger partial charge in [0.05, 0.1) is 0 Å². The molecular formula is C15H26N2O. The molecule has 0 spiro atoms. The van der Waals surface area contributed by atoms with Crippen molar-refractivity contribution in [3.05, 3.63) is 0 Å². The molecule has 3 saturated carbocycles. The maximum absolute atomic E-state index is 12.3. The van der Waals surface area contributed by atoms with E-state index in [2.05, 4.69) is 5.32 Å². The van der Waals surface area contributed by atoms with Crippen LogP contribution in [-0.2, 0) is 4.79 Å². The van der Waals surface area contributed by atoms with Crippen LogP contribution in [0.1, 0.15) is 51.4 Å². The van der Waals surface area contributed by atoms with Crippen molar-refractivity contribution in [3.63, 3.8) is 0 Å². The lowest BCUT2D eigenvalue weighted by molar-refractivity contribution is -0.124. The number of fused-ring (bicyclic) bond motifs is 1. The van der Waals surface area contributed by atoms with Crippen LogP contribution in [0, 0.1) is 23.7 Å². The molecule has 3 heteroatoms. The van der Waals surface area contributed by atoms with Gasteiger partial charge in [-0.15, -0.1) is 0 Å². The van der Waals surface area contributed by atoms with Gasteiger partial charge in [-0.25, -0.2) is 0 Å². The normalized spacial score (nSPS) is 37.1. The Hall–Kier alpha value is -0.570. The van der Waals surface area contributed by atoms with Gasteiger partial charge in [-0.05, 0) is 43.4 Å². The Kier molecular flexibility index (Phi) is 3.60. The van der Waals surface area contributed by atoms with E-state index in [0.29, 0.717) is 24.3 Å². The molecule has 3 rings (SSSR count). The molecule has 0 radical (unpaired) electrons. The third-order valence-corrected chi connectivity index (χ3v) is 5.51. The van der Waals surface area contributed by atoms with Crippen molar-refractivity contribution >= 4 is 5.91 Å². The van der Waals surface area contributed by atoms with Crippen molar-refractivity contribution in [1.82, 2.24) is 5.32 Å². The summed E-state index contributed by atoms with van der Waals surface area (Å²) in [5, 5.41) is 3.26. The summed E-state index contributed by atoms with van der Waals surface area (Å²) in [4.78, 5) is 12.3. The second kappa shape index (κ2) is 5.20. The van der Waals surface area contributed by atoms with Crippen LogP contribution in [-0.4, -0.2) is 18.5 Å². The lowest BCUT2D eigenvalue weighted by Crippen LogP contribution is -2.46. The van der Waals surface area contributed by atoms with Crippen LogP contribution in [0.5, 0.6) is 0 Å². The van der Waals surface area contributed by atoms with E-state index < -0.39 is 0 Å². The zero-order chi connectivity index (χ0) is 12.5. The molecule has 0 aromatic rings. The Morgan fingerprint density at radius 3 is 2.33 bits per heavy atom. The number of nitrogens with one attached hydrogen (secondary N) is 1. The average molecular weight is 250 g/mol. The van der Waals surface area contributed by atoms with Gasteiger partial charge in [0.1, 0.15) is 0 Å². The Morgan fingerprint density at radius 2 is 1.72 bits per heavy atom. The second-order valence-electron chi connectivity index (χ2n) is 6.53. The highest BCUT2D eigenvalue weighted by atomic mass is 16.2. The van der Waals surface area contributed by atoms with E-state index in [1.807, 2.05) is 0 Å². The van der Waals surface area contributed by atoms with Gasteiger partial charge in [0, 0.05) is 18.5 Å². The van der Waals surface area contributed by atoms with Gasteiger partial charge in [-0.2, -0.15) is 0 Å². The predicted molar refractivity (Wildman–Crippen MR) is 71.9 cm³/mol. The van der Waals surface area contributed by atoms with Gasteiger partial charge in [0.15, 0.2) is 0 Å². The second-order valence-corrected chi connectivity index (χ2v) is 6.53. The van der Waals surface area contributed by atoms with Crippen LogP contribution in [0.3, 0.4) is 0 Å². The largest absolute Gasteiger partial charge is 0.352 e. The van der Waals surface area contributed by atoms with Gasteiger partial charge >= 0.3 is 0 Å². The van der Waals surface area contributed by atoms with Gasteiger partial charge in [-0.1, -0.05) is 25.7 Å². The van der Waals surface area contributed by atoms with Crippen LogP contribution in [0.25, 0.3) is 0 Å². The van der Waals surface area contributed by atoms with E-state index in [1.165, 1.54) is 51.4 Å². The fourth-order valence-electron chi connectivity index (χ4n) is 4.40. The summed E-state index contributed by atoms with van der Waals surface area (Å²) >= 11 is 0. The fourth-order valence-corrected chi connectivity index (χ4v) is 4.40. The SMILES string of the molecule is NCC(NC(=O)C1C2CCCC21)C1CCCCC1. The maximum Gasteiger partial charge on any atom is 0.223 e. The van der Waals surface area contributed by atoms with Crippen LogP contribution >= 0.6 is 0 Å². The third kappa shape index (κ3) is 2.29. The first-order valence-corrected chi connectivity index (χ1v) is 7.81. The topological polar surface area (TPSA) is 55.1 Å². The number of hydrogen-bond acceptors (Lipinski definition) is 2. The fraction of sp³-hybridized carbons (Fsp3) is 0.933. The van der Waals surface area contributed by atoms with E-state index in [4.69, 9.17) is 5.73 Å². The molecule has 0 heterocycles. The molecule has 0 aromatic carbocycles. The molecule has 0 bridgehead atoms. The number of hydrogen-bond donors (Lipinski definition) is 2. The Labute approximate surface area is 110 Å². The molecule has 3 atom stereocenters. The van der Waals surface area contributed by atoms with Crippen molar-refractivity contribution in [2.75, 3.05) is 6.54 Å². The molecule has 3 fully saturated rings. The van der Waals surface area contributed by atoms with E-state index in [-0.39, 0.29) is 6.04 Å². The standard InChI is InChI=1S/C15H26N2O/c16-9-13(10-5-2-1-3-6-10)17-15(18)14-11-7-4-8-12(11)14/h10-14H,1-9,16H2,(H,17,18). The molecule has 3 aliphatic carbocycles. The summed E-state index contributed by atoms with van der Waals surface area (Å²) in [5.74, 6) is 2.72. The molecule has 0 aromatic heterocycles. The monoisotopic (exact) mass is 250 g/mol. The number of amides is 1. The number of carbonyl (C=O) groups is 1. The summed E-state index contributed by atoms with van der Waals surface area (Å²) in [6.45, 7) is 0.610. The lowest BCUT2D eigenvalue weighted by Gasteiger charge is -2.30. The molecule has 3 nitrogen and oxygen atoms in total. The van der Waals surface area contributed by atoms with Crippen molar-refractivity contribution < 1.29 is 4.79 Å². The maximum atomic E-state index is 12.3. The molecule has 0 saturated heterocycles. The molecule has 3 unspecified atom stereocenters. The zero-order valence-corrected chi connectivity index (χ0v) is 11.2. The van der Waals surface area contributed by atoms with Crippen molar-refractivity contribution in [2.24, 2.45) is 29.4 Å². The number of carbonyl (C=O) groups excluding carboxylic acids is 1. The number of nitrogens with two attached hydrogens (primary N) is 1. The quantitative estimate of drug-likeness (QED) is 0.802. The van der Waals surface area contributed by atoms with Crippen molar-refractivity contribution in [1.29, 1.82) is 0 Å². The first-order valence-electron chi connectivity index (χ1n) is 7.81. The van der Waals surface area contributed by atoms with Crippen molar-refractivity contribution in [3.8, 4) is 0 Å². The summed E-state index contributed by atoms with van der Waals surface area (Å²) in [6, 6.07) is 0.235. The van der Waals surface area contributed by atoms with Crippen LogP contribution in [0.15, 0.2) is 0 Å².